The normalized spacial score (nSPS) is 17.6. The number of carbonyl (C=O) groups excluding carboxylic acids is 2. The molecule has 0 aliphatic carbocycles. The number of ketones is 1. The first-order valence-corrected chi connectivity index (χ1v) is 11.5. The summed E-state index contributed by atoms with van der Waals surface area (Å²) in [5.41, 5.74) is 0.997. The predicted octanol–water partition coefficient (Wildman–Crippen LogP) is 5.54. The van der Waals surface area contributed by atoms with E-state index in [1.807, 2.05) is 24.4 Å². The first kappa shape index (κ1) is 22.1. The van der Waals surface area contributed by atoms with Gasteiger partial charge in [0.2, 0.25) is 0 Å². The quantitative estimate of drug-likeness (QED) is 0.266. The van der Waals surface area contributed by atoms with Crippen molar-refractivity contribution in [3.8, 4) is 11.5 Å². The van der Waals surface area contributed by atoms with Crippen LogP contribution in [0.2, 0.25) is 0 Å². The molecule has 6 nitrogen and oxygen atoms in total. The van der Waals surface area contributed by atoms with E-state index in [4.69, 9.17) is 9.47 Å². The average Bonchev–Trinajstić information content (AvgIpc) is 3.41. The smallest absolute Gasteiger partial charge is 0.300 e. The molecule has 0 spiro atoms. The van der Waals surface area contributed by atoms with Gasteiger partial charge in [-0.25, -0.2) is 0 Å². The van der Waals surface area contributed by atoms with Gasteiger partial charge in [0.25, 0.3) is 11.7 Å². The standard InChI is InChI=1S/C24H20BrNO5S/c1-3-31-16-9-7-15(8-10-16)26-21(19-5-4-12-32-19)20(23(28)24(26)29)22(27)14-6-11-18(30-2)17(25)13-14/h4-13,21,27H,3H2,1-2H3/b22-20-. The molecule has 1 aromatic heterocycles. The van der Waals surface area contributed by atoms with Crippen LogP contribution in [0.15, 0.2) is 70.0 Å². The fourth-order valence-corrected chi connectivity index (χ4v) is 5.02. The number of benzene rings is 2. The lowest BCUT2D eigenvalue weighted by molar-refractivity contribution is -0.132. The summed E-state index contributed by atoms with van der Waals surface area (Å²) in [6, 6.07) is 14.9. The molecule has 1 aliphatic heterocycles. The zero-order valence-corrected chi connectivity index (χ0v) is 19.8. The second kappa shape index (κ2) is 9.18. The summed E-state index contributed by atoms with van der Waals surface area (Å²) in [5, 5.41) is 13.0. The second-order valence-electron chi connectivity index (χ2n) is 6.96. The molecule has 0 radical (unpaired) electrons. The van der Waals surface area contributed by atoms with Gasteiger partial charge in [0.05, 0.1) is 23.8 Å². The van der Waals surface area contributed by atoms with Crippen molar-refractivity contribution in [2.45, 2.75) is 13.0 Å². The van der Waals surface area contributed by atoms with E-state index in [1.165, 1.54) is 16.2 Å². The molecule has 1 saturated heterocycles. The Labute approximate surface area is 197 Å². The number of hydrogen-bond acceptors (Lipinski definition) is 6. The Kier molecular flexibility index (Phi) is 6.34. The SMILES string of the molecule is CCOc1ccc(N2C(=O)C(=O)/C(=C(\O)c3ccc(OC)c(Br)c3)C2c2cccs2)cc1. The fourth-order valence-electron chi connectivity index (χ4n) is 3.65. The van der Waals surface area contributed by atoms with Crippen LogP contribution in [0.4, 0.5) is 5.69 Å². The monoisotopic (exact) mass is 513 g/mol. The molecular formula is C24H20BrNO5S. The van der Waals surface area contributed by atoms with Crippen LogP contribution in [0.25, 0.3) is 5.76 Å². The van der Waals surface area contributed by atoms with E-state index in [2.05, 4.69) is 15.9 Å². The number of Topliss-reactive ketones (excluding diaryl/α,β-unsaturated/α-hetero) is 1. The highest BCUT2D eigenvalue weighted by molar-refractivity contribution is 9.10. The highest BCUT2D eigenvalue weighted by Gasteiger charge is 2.47. The van der Waals surface area contributed by atoms with Crippen LogP contribution in [0.3, 0.4) is 0 Å². The molecule has 1 N–H and O–H groups in total. The maximum Gasteiger partial charge on any atom is 0.300 e. The Balaban J connectivity index is 1.85. The summed E-state index contributed by atoms with van der Waals surface area (Å²) < 4.78 is 11.4. The maximum atomic E-state index is 13.1. The lowest BCUT2D eigenvalue weighted by Gasteiger charge is -2.24. The molecule has 0 saturated carbocycles. The number of thiophene rings is 1. The Morgan fingerprint density at radius 3 is 2.50 bits per heavy atom. The van der Waals surface area contributed by atoms with Gasteiger partial charge in [-0.1, -0.05) is 6.07 Å². The minimum absolute atomic E-state index is 0.0448. The van der Waals surface area contributed by atoms with E-state index in [1.54, 1.807) is 49.6 Å². The van der Waals surface area contributed by atoms with Crippen molar-refractivity contribution in [1.82, 2.24) is 0 Å². The van der Waals surface area contributed by atoms with Crippen LogP contribution in [0.1, 0.15) is 23.4 Å². The zero-order valence-electron chi connectivity index (χ0n) is 17.4. The molecule has 164 valence electrons. The molecule has 4 rings (SSSR count). The number of aliphatic hydroxyl groups excluding tert-OH is 1. The number of rotatable bonds is 6. The maximum absolute atomic E-state index is 13.1. The van der Waals surface area contributed by atoms with Crippen molar-refractivity contribution in [1.29, 1.82) is 0 Å². The average molecular weight is 514 g/mol. The lowest BCUT2D eigenvalue weighted by Crippen LogP contribution is -2.29. The molecule has 3 aromatic rings. The second-order valence-corrected chi connectivity index (χ2v) is 8.79. The molecule has 2 heterocycles. The van der Waals surface area contributed by atoms with Crippen LogP contribution in [-0.2, 0) is 9.59 Å². The number of amides is 1. The third-order valence-electron chi connectivity index (χ3n) is 5.11. The topological polar surface area (TPSA) is 76.1 Å². The number of halogens is 1. The van der Waals surface area contributed by atoms with Crippen LogP contribution >= 0.6 is 27.3 Å². The van der Waals surface area contributed by atoms with Gasteiger partial charge < -0.3 is 14.6 Å². The Bertz CT molecular complexity index is 1190. The van der Waals surface area contributed by atoms with Crippen LogP contribution in [0.5, 0.6) is 11.5 Å². The zero-order chi connectivity index (χ0) is 22.8. The fraction of sp³-hybridized carbons (Fsp3) is 0.167. The minimum atomic E-state index is -0.742. The van der Waals surface area contributed by atoms with Gasteiger partial charge in [-0.3, -0.25) is 14.5 Å². The van der Waals surface area contributed by atoms with E-state index in [9.17, 15) is 14.7 Å². The molecule has 1 amide bonds. The first-order chi connectivity index (χ1) is 15.5. The Hall–Kier alpha value is -3.10. The number of carbonyl (C=O) groups is 2. The number of hydrogen-bond donors (Lipinski definition) is 1. The van der Waals surface area contributed by atoms with E-state index in [0.717, 1.165) is 4.88 Å². The van der Waals surface area contributed by atoms with Gasteiger partial charge in [-0.2, -0.15) is 0 Å². The highest BCUT2D eigenvalue weighted by Crippen LogP contribution is 2.44. The molecule has 8 heteroatoms. The summed E-state index contributed by atoms with van der Waals surface area (Å²) in [6.07, 6.45) is 0. The molecule has 1 aliphatic rings. The molecule has 32 heavy (non-hydrogen) atoms. The van der Waals surface area contributed by atoms with Crippen LogP contribution in [-0.4, -0.2) is 30.5 Å². The lowest BCUT2D eigenvalue weighted by atomic mass is 9.99. The third-order valence-corrected chi connectivity index (χ3v) is 6.65. The molecule has 2 aromatic carbocycles. The van der Waals surface area contributed by atoms with Crippen molar-refractivity contribution in [2.75, 3.05) is 18.6 Å². The van der Waals surface area contributed by atoms with E-state index < -0.39 is 17.7 Å². The number of nitrogens with zero attached hydrogens (tertiary/aromatic N) is 1. The summed E-state index contributed by atoms with van der Waals surface area (Å²) >= 11 is 4.82. The first-order valence-electron chi connectivity index (χ1n) is 9.87. The minimum Gasteiger partial charge on any atom is -0.507 e. The summed E-state index contributed by atoms with van der Waals surface area (Å²) in [4.78, 5) is 28.4. The van der Waals surface area contributed by atoms with Gasteiger partial charge in [0.15, 0.2) is 0 Å². The van der Waals surface area contributed by atoms with Crippen LogP contribution in [0, 0.1) is 0 Å². The van der Waals surface area contributed by atoms with Gasteiger partial charge >= 0.3 is 0 Å². The highest BCUT2D eigenvalue weighted by atomic mass is 79.9. The Morgan fingerprint density at radius 1 is 1.16 bits per heavy atom. The predicted molar refractivity (Wildman–Crippen MR) is 127 cm³/mol. The van der Waals surface area contributed by atoms with Crippen LogP contribution < -0.4 is 14.4 Å². The van der Waals surface area contributed by atoms with Crippen molar-refractivity contribution >= 4 is 50.4 Å². The molecule has 1 fully saturated rings. The molecular weight excluding hydrogens is 494 g/mol. The molecule has 1 atom stereocenters. The summed E-state index contributed by atoms with van der Waals surface area (Å²) in [6.45, 7) is 2.41. The number of aliphatic hydroxyl groups is 1. The number of ether oxygens (including phenoxy) is 2. The van der Waals surface area contributed by atoms with Gasteiger partial charge in [-0.05, 0) is 76.8 Å². The Morgan fingerprint density at radius 2 is 1.91 bits per heavy atom. The van der Waals surface area contributed by atoms with Crippen molar-refractivity contribution in [3.05, 3.63) is 80.5 Å². The third kappa shape index (κ3) is 3.91. The van der Waals surface area contributed by atoms with E-state index in [0.29, 0.717) is 33.8 Å². The molecule has 1 unspecified atom stereocenters. The number of methoxy groups -OCH3 is 1. The summed E-state index contributed by atoms with van der Waals surface area (Å²) in [5.74, 6) is -0.406. The molecule has 0 bridgehead atoms. The van der Waals surface area contributed by atoms with Gasteiger partial charge in [0.1, 0.15) is 23.3 Å². The van der Waals surface area contributed by atoms with Crippen molar-refractivity contribution < 1.29 is 24.2 Å². The van der Waals surface area contributed by atoms with Crippen molar-refractivity contribution in [3.63, 3.8) is 0 Å². The largest absolute Gasteiger partial charge is 0.507 e. The number of anilines is 1. The van der Waals surface area contributed by atoms with Gasteiger partial charge in [0, 0.05) is 16.1 Å². The summed E-state index contributed by atoms with van der Waals surface area (Å²) in [7, 11) is 1.54. The van der Waals surface area contributed by atoms with Gasteiger partial charge in [-0.15, -0.1) is 11.3 Å². The van der Waals surface area contributed by atoms with E-state index in [-0.39, 0.29) is 11.3 Å². The van der Waals surface area contributed by atoms with E-state index >= 15 is 0 Å². The van der Waals surface area contributed by atoms with Crippen molar-refractivity contribution in [2.24, 2.45) is 0 Å².